The topological polar surface area (TPSA) is 81.5 Å². The van der Waals surface area contributed by atoms with Crippen molar-refractivity contribution >= 4 is 28.9 Å². The third kappa shape index (κ3) is 4.83. The second-order valence-electron chi connectivity index (χ2n) is 5.67. The highest BCUT2D eigenvalue weighted by molar-refractivity contribution is 6.34. The molecule has 3 aromatic rings. The molecule has 0 aliphatic carbocycles. The van der Waals surface area contributed by atoms with Crippen LogP contribution in [0.1, 0.15) is 15.9 Å². The number of nitro groups is 1. The van der Waals surface area contributed by atoms with Crippen molar-refractivity contribution in [1.29, 1.82) is 0 Å². The predicted molar refractivity (Wildman–Crippen MR) is 103 cm³/mol. The van der Waals surface area contributed by atoms with Crippen LogP contribution in [0, 0.1) is 10.1 Å². The van der Waals surface area contributed by atoms with Crippen LogP contribution in [0.3, 0.4) is 0 Å². The summed E-state index contributed by atoms with van der Waals surface area (Å²) in [5, 5.41) is 13.7. The minimum Gasteiger partial charge on any atom is -0.489 e. The number of non-ortho nitro benzene ring substituents is 1. The second kappa shape index (κ2) is 8.33. The number of anilines is 1. The molecule has 0 spiro atoms. The van der Waals surface area contributed by atoms with Crippen molar-refractivity contribution < 1.29 is 14.5 Å². The second-order valence-corrected chi connectivity index (χ2v) is 6.08. The summed E-state index contributed by atoms with van der Waals surface area (Å²) >= 11 is 5.98. The molecule has 0 saturated carbocycles. The van der Waals surface area contributed by atoms with Crippen molar-refractivity contribution in [2.75, 3.05) is 5.32 Å². The number of nitro benzene ring substituents is 1. The molecule has 27 heavy (non-hydrogen) atoms. The van der Waals surface area contributed by atoms with Crippen LogP contribution in [0.4, 0.5) is 11.4 Å². The molecule has 0 fully saturated rings. The number of rotatable bonds is 6. The van der Waals surface area contributed by atoms with Crippen LogP contribution >= 0.6 is 11.6 Å². The Hall–Kier alpha value is -3.38. The summed E-state index contributed by atoms with van der Waals surface area (Å²) in [6, 6.07) is 20.3. The van der Waals surface area contributed by atoms with E-state index in [1.54, 1.807) is 24.3 Å². The van der Waals surface area contributed by atoms with Gasteiger partial charge in [0.25, 0.3) is 11.6 Å². The fraction of sp³-hybridized carbons (Fsp3) is 0.0500. The molecule has 3 aromatic carbocycles. The Morgan fingerprint density at radius 2 is 1.74 bits per heavy atom. The average Bonchev–Trinajstić information content (AvgIpc) is 2.68. The Bertz CT molecular complexity index is 959. The van der Waals surface area contributed by atoms with E-state index < -0.39 is 10.8 Å². The van der Waals surface area contributed by atoms with Gasteiger partial charge in [-0.05, 0) is 35.9 Å². The quantitative estimate of drug-likeness (QED) is 0.476. The zero-order valence-electron chi connectivity index (χ0n) is 14.1. The minimum absolute atomic E-state index is 0.0373. The molecule has 0 radical (unpaired) electrons. The molecule has 0 heterocycles. The van der Waals surface area contributed by atoms with E-state index in [1.165, 1.54) is 12.1 Å². The lowest BCUT2D eigenvalue weighted by molar-refractivity contribution is -0.384. The molecule has 1 N–H and O–H groups in total. The molecule has 6 nitrogen and oxygen atoms in total. The van der Waals surface area contributed by atoms with Crippen molar-refractivity contribution in [2.24, 2.45) is 0 Å². The van der Waals surface area contributed by atoms with Gasteiger partial charge >= 0.3 is 0 Å². The summed E-state index contributed by atoms with van der Waals surface area (Å²) < 4.78 is 5.69. The fourth-order valence-electron chi connectivity index (χ4n) is 2.37. The Morgan fingerprint density at radius 1 is 1.04 bits per heavy atom. The summed E-state index contributed by atoms with van der Waals surface area (Å²) in [5.74, 6) is 0.131. The SMILES string of the molecule is O=C(Nc1ccc(OCc2ccccc2)cc1)c1cc([N+](=O)[O-])ccc1Cl. The molecule has 7 heteroatoms. The molecule has 0 saturated heterocycles. The number of amides is 1. The van der Waals surface area contributed by atoms with Crippen molar-refractivity contribution in [3.63, 3.8) is 0 Å². The van der Waals surface area contributed by atoms with Crippen molar-refractivity contribution in [1.82, 2.24) is 0 Å². The van der Waals surface area contributed by atoms with Gasteiger partial charge in [0.2, 0.25) is 0 Å². The highest BCUT2D eigenvalue weighted by Crippen LogP contribution is 2.24. The molecule has 0 atom stereocenters. The van der Waals surface area contributed by atoms with Gasteiger partial charge in [-0.3, -0.25) is 14.9 Å². The van der Waals surface area contributed by atoms with E-state index in [1.807, 2.05) is 30.3 Å². The number of hydrogen-bond donors (Lipinski definition) is 1. The summed E-state index contributed by atoms with van der Waals surface area (Å²) in [6.07, 6.45) is 0. The average molecular weight is 383 g/mol. The molecule has 3 rings (SSSR count). The van der Waals surface area contributed by atoms with Crippen LogP contribution in [0.2, 0.25) is 5.02 Å². The first kappa shape index (κ1) is 18.4. The highest BCUT2D eigenvalue weighted by atomic mass is 35.5. The largest absolute Gasteiger partial charge is 0.489 e. The van der Waals surface area contributed by atoms with Gasteiger partial charge in [0.1, 0.15) is 12.4 Å². The number of benzene rings is 3. The Morgan fingerprint density at radius 3 is 2.41 bits per heavy atom. The smallest absolute Gasteiger partial charge is 0.270 e. The van der Waals surface area contributed by atoms with Gasteiger partial charge in [-0.1, -0.05) is 41.9 Å². The van der Waals surface area contributed by atoms with E-state index in [-0.39, 0.29) is 16.3 Å². The number of nitrogens with one attached hydrogen (secondary N) is 1. The maximum Gasteiger partial charge on any atom is 0.270 e. The summed E-state index contributed by atoms with van der Waals surface area (Å²) in [4.78, 5) is 22.6. The van der Waals surface area contributed by atoms with Gasteiger partial charge in [-0.15, -0.1) is 0 Å². The summed E-state index contributed by atoms with van der Waals surface area (Å²) in [6.45, 7) is 0.440. The van der Waals surface area contributed by atoms with Gasteiger partial charge in [0.15, 0.2) is 0 Å². The first-order chi connectivity index (χ1) is 13.0. The Balaban J connectivity index is 1.65. The zero-order valence-corrected chi connectivity index (χ0v) is 14.8. The number of hydrogen-bond acceptors (Lipinski definition) is 4. The van der Waals surface area contributed by atoms with Gasteiger partial charge in [-0.25, -0.2) is 0 Å². The van der Waals surface area contributed by atoms with E-state index in [2.05, 4.69) is 5.32 Å². The predicted octanol–water partition coefficient (Wildman–Crippen LogP) is 5.08. The molecule has 0 aromatic heterocycles. The van der Waals surface area contributed by atoms with Crippen molar-refractivity contribution in [3.05, 3.63) is 99.1 Å². The Labute approximate surface area is 160 Å². The molecule has 0 bridgehead atoms. The van der Waals surface area contributed by atoms with Crippen molar-refractivity contribution in [2.45, 2.75) is 6.61 Å². The van der Waals surface area contributed by atoms with Crippen LogP contribution < -0.4 is 10.1 Å². The van der Waals surface area contributed by atoms with Gasteiger partial charge < -0.3 is 10.1 Å². The summed E-state index contributed by atoms with van der Waals surface area (Å²) in [5.41, 5.74) is 1.41. The number of carbonyl (C=O) groups is 1. The third-order valence-corrected chi connectivity index (χ3v) is 4.10. The van der Waals surface area contributed by atoms with E-state index in [0.29, 0.717) is 18.0 Å². The number of carbonyl (C=O) groups excluding carboxylic acids is 1. The molecule has 1 amide bonds. The molecule has 0 unspecified atom stereocenters. The van der Waals surface area contributed by atoms with Crippen molar-refractivity contribution in [3.8, 4) is 5.75 Å². The van der Waals surface area contributed by atoms with Crippen LogP contribution in [0.5, 0.6) is 5.75 Å². The monoisotopic (exact) mass is 382 g/mol. The lowest BCUT2D eigenvalue weighted by Crippen LogP contribution is -2.12. The zero-order chi connectivity index (χ0) is 19.2. The van der Waals surface area contributed by atoms with Gasteiger partial charge in [-0.2, -0.15) is 0 Å². The normalized spacial score (nSPS) is 10.3. The maximum atomic E-state index is 12.4. The van der Waals surface area contributed by atoms with E-state index in [9.17, 15) is 14.9 Å². The number of halogens is 1. The first-order valence-electron chi connectivity index (χ1n) is 8.05. The molecular formula is C20H15ClN2O4. The summed E-state index contributed by atoms with van der Waals surface area (Å²) in [7, 11) is 0. The number of ether oxygens (including phenoxy) is 1. The highest BCUT2D eigenvalue weighted by Gasteiger charge is 2.16. The molecular weight excluding hydrogens is 368 g/mol. The van der Waals surface area contributed by atoms with E-state index in [4.69, 9.17) is 16.3 Å². The molecule has 0 aliphatic heterocycles. The van der Waals surface area contributed by atoms with E-state index in [0.717, 1.165) is 11.6 Å². The Kier molecular flexibility index (Phi) is 5.68. The van der Waals surface area contributed by atoms with E-state index >= 15 is 0 Å². The first-order valence-corrected chi connectivity index (χ1v) is 8.43. The van der Waals surface area contributed by atoms with Crippen LogP contribution in [0.25, 0.3) is 0 Å². The van der Waals surface area contributed by atoms with Crippen LogP contribution in [-0.2, 0) is 6.61 Å². The maximum absolute atomic E-state index is 12.4. The third-order valence-electron chi connectivity index (χ3n) is 3.77. The van der Waals surface area contributed by atoms with Crippen LogP contribution in [-0.4, -0.2) is 10.8 Å². The number of nitrogens with zero attached hydrogens (tertiary/aromatic N) is 1. The molecule has 136 valence electrons. The van der Waals surface area contributed by atoms with Gasteiger partial charge in [0.05, 0.1) is 15.5 Å². The standard InChI is InChI=1S/C20H15ClN2O4/c21-19-11-8-16(23(25)26)12-18(19)20(24)22-15-6-9-17(10-7-15)27-13-14-4-2-1-3-5-14/h1-12H,13H2,(H,22,24). The lowest BCUT2D eigenvalue weighted by atomic mass is 10.2. The lowest BCUT2D eigenvalue weighted by Gasteiger charge is -2.09. The van der Waals surface area contributed by atoms with Gasteiger partial charge in [0, 0.05) is 17.8 Å². The molecule has 0 aliphatic rings. The minimum atomic E-state index is -0.577. The fourth-order valence-corrected chi connectivity index (χ4v) is 2.58. The van der Waals surface area contributed by atoms with Crippen LogP contribution in [0.15, 0.2) is 72.8 Å².